The number of benzene rings is 2. The third-order valence-corrected chi connectivity index (χ3v) is 3.85. The van der Waals surface area contributed by atoms with Crippen molar-refractivity contribution in [2.75, 3.05) is 23.3 Å². The lowest BCUT2D eigenvalue weighted by atomic mass is 10.0. The van der Waals surface area contributed by atoms with E-state index >= 15 is 0 Å². The van der Waals surface area contributed by atoms with E-state index in [0.29, 0.717) is 11.6 Å². The van der Waals surface area contributed by atoms with Crippen LogP contribution in [0.1, 0.15) is 24.1 Å². The highest BCUT2D eigenvalue weighted by molar-refractivity contribution is 5.74. The fourth-order valence-corrected chi connectivity index (χ4v) is 2.73. The van der Waals surface area contributed by atoms with Crippen LogP contribution in [0.3, 0.4) is 0 Å². The monoisotopic (exact) mass is 263 g/mol. The molecule has 0 fully saturated rings. The van der Waals surface area contributed by atoms with Crippen LogP contribution in [0, 0.1) is 11.3 Å². The molecule has 0 aliphatic carbocycles. The van der Waals surface area contributed by atoms with Crippen molar-refractivity contribution in [3.63, 3.8) is 0 Å². The lowest BCUT2D eigenvalue weighted by Gasteiger charge is -2.37. The van der Waals surface area contributed by atoms with Crippen LogP contribution < -0.4 is 10.2 Å². The molecule has 1 N–H and O–H groups in total. The van der Waals surface area contributed by atoms with E-state index in [1.54, 1.807) is 0 Å². The molecule has 2 aromatic carbocycles. The topological polar surface area (TPSA) is 39.1 Å². The van der Waals surface area contributed by atoms with E-state index in [1.807, 2.05) is 24.3 Å². The van der Waals surface area contributed by atoms with E-state index in [9.17, 15) is 0 Å². The lowest BCUT2D eigenvalue weighted by Crippen LogP contribution is -2.36. The van der Waals surface area contributed by atoms with Crippen LogP contribution in [-0.4, -0.2) is 13.1 Å². The molecule has 1 heterocycles. The summed E-state index contributed by atoms with van der Waals surface area (Å²) in [5.74, 6) is 0. The molecule has 0 bridgehead atoms. The zero-order valence-corrected chi connectivity index (χ0v) is 11.5. The van der Waals surface area contributed by atoms with Gasteiger partial charge in [-0.15, -0.1) is 0 Å². The lowest BCUT2D eigenvalue weighted by molar-refractivity contribution is 0.668. The Balaban J connectivity index is 1.99. The van der Waals surface area contributed by atoms with Crippen LogP contribution in [-0.2, 0) is 0 Å². The predicted molar refractivity (Wildman–Crippen MR) is 81.8 cm³/mol. The first-order chi connectivity index (χ1) is 9.79. The van der Waals surface area contributed by atoms with Crippen molar-refractivity contribution in [3.8, 4) is 6.07 Å². The average molecular weight is 263 g/mol. The number of hydrogen-bond donors (Lipinski definition) is 1. The first-order valence-corrected chi connectivity index (χ1v) is 6.89. The van der Waals surface area contributed by atoms with Gasteiger partial charge in [-0.2, -0.15) is 5.26 Å². The standard InChI is InChI=1S/C17H17N3/c1-13(15-5-3-2-4-6-15)20-10-9-19-16-8-7-14(12-18)11-17(16)20/h2-8,11,13,19H,9-10H2,1H3. The van der Waals surface area contributed by atoms with E-state index in [0.717, 1.165) is 24.5 Å². The van der Waals surface area contributed by atoms with Gasteiger partial charge in [0.25, 0.3) is 0 Å². The van der Waals surface area contributed by atoms with E-state index in [1.165, 1.54) is 5.56 Å². The summed E-state index contributed by atoms with van der Waals surface area (Å²) in [6, 6.07) is 18.8. The minimum atomic E-state index is 0.297. The molecule has 0 saturated heterocycles. The maximum absolute atomic E-state index is 9.09. The van der Waals surface area contributed by atoms with Gasteiger partial charge in [-0.1, -0.05) is 30.3 Å². The predicted octanol–water partition coefficient (Wildman–Crippen LogP) is 3.55. The van der Waals surface area contributed by atoms with Crippen molar-refractivity contribution in [2.24, 2.45) is 0 Å². The summed E-state index contributed by atoms with van der Waals surface area (Å²) in [5, 5.41) is 12.5. The summed E-state index contributed by atoms with van der Waals surface area (Å²) in [4.78, 5) is 2.36. The van der Waals surface area contributed by atoms with E-state index in [4.69, 9.17) is 5.26 Å². The molecule has 2 aromatic rings. The molecule has 1 aliphatic rings. The number of fused-ring (bicyclic) bond motifs is 1. The number of nitriles is 1. The van der Waals surface area contributed by atoms with Gasteiger partial charge >= 0.3 is 0 Å². The van der Waals surface area contributed by atoms with Crippen LogP contribution in [0.4, 0.5) is 11.4 Å². The SMILES string of the molecule is CC(c1ccccc1)N1CCNc2ccc(C#N)cc21. The Labute approximate surface area is 119 Å². The van der Waals surface area contributed by atoms with Gasteiger partial charge in [-0.05, 0) is 30.7 Å². The quantitative estimate of drug-likeness (QED) is 0.900. The number of nitrogens with zero attached hydrogens (tertiary/aromatic N) is 2. The van der Waals surface area contributed by atoms with Gasteiger partial charge in [0.05, 0.1) is 29.0 Å². The Morgan fingerprint density at radius 1 is 1.20 bits per heavy atom. The van der Waals surface area contributed by atoms with Gasteiger partial charge in [0, 0.05) is 13.1 Å². The van der Waals surface area contributed by atoms with Crippen LogP contribution >= 0.6 is 0 Å². The van der Waals surface area contributed by atoms with Gasteiger partial charge in [-0.25, -0.2) is 0 Å². The molecule has 20 heavy (non-hydrogen) atoms. The Hall–Kier alpha value is -2.47. The molecule has 3 nitrogen and oxygen atoms in total. The zero-order chi connectivity index (χ0) is 13.9. The molecule has 1 aliphatic heterocycles. The molecule has 3 heteroatoms. The Morgan fingerprint density at radius 2 is 2.00 bits per heavy atom. The van der Waals surface area contributed by atoms with Crippen LogP contribution in [0.15, 0.2) is 48.5 Å². The molecular weight excluding hydrogens is 246 g/mol. The third kappa shape index (κ3) is 2.21. The second kappa shape index (κ2) is 5.26. The van der Waals surface area contributed by atoms with Crippen LogP contribution in [0.5, 0.6) is 0 Å². The minimum Gasteiger partial charge on any atom is -0.382 e. The Morgan fingerprint density at radius 3 is 2.75 bits per heavy atom. The minimum absolute atomic E-state index is 0.297. The van der Waals surface area contributed by atoms with Crippen molar-refractivity contribution < 1.29 is 0 Å². The van der Waals surface area contributed by atoms with Gasteiger partial charge in [0.2, 0.25) is 0 Å². The molecule has 3 rings (SSSR count). The summed E-state index contributed by atoms with van der Waals surface area (Å²) in [5.41, 5.74) is 4.23. The first-order valence-electron chi connectivity index (χ1n) is 6.89. The molecule has 0 amide bonds. The highest BCUT2D eigenvalue weighted by atomic mass is 15.2. The van der Waals surface area contributed by atoms with E-state index in [-0.39, 0.29) is 0 Å². The van der Waals surface area contributed by atoms with Crippen LogP contribution in [0.25, 0.3) is 0 Å². The third-order valence-electron chi connectivity index (χ3n) is 3.85. The van der Waals surface area contributed by atoms with Crippen molar-refractivity contribution >= 4 is 11.4 Å². The molecule has 1 atom stereocenters. The van der Waals surface area contributed by atoms with E-state index < -0.39 is 0 Å². The van der Waals surface area contributed by atoms with Gasteiger partial charge in [-0.3, -0.25) is 0 Å². The van der Waals surface area contributed by atoms with Crippen molar-refractivity contribution in [1.29, 1.82) is 5.26 Å². The number of hydrogen-bond acceptors (Lipinski definition) is 3. The van der Waals surface area contributed by atoms with Gasteiger partial charge < -0.3 is 10.2 Å². The summed E-state index contributed by atoms with van der Waals surface area (Å²) in [7, 11) is 0. The van der Waals surface area contributed by atoms with Gasteiger partial charge in [0.15, 0.2) is 0 Å². The second-order valence-corrected chi connectivity index (χ2v) is 5.05. The molecule has 0 saturated carbocycles. The fourth-order valence-electron chi connectivity index (χ4n) is 2.73. The highest BCUT2D eigenvalue weighted by Gasteiger charge is 2.22. The van der Waals surface area contributed by atoms with Crippen molar-refractivity contribution in [2.45, 2.75) is 13.0 Å². The van der Waals surface area contributed by atoms with Gasteiger partial charge in [0.1, 0.15) is 0 Å². The maximum Gasteiger partial charge on any atom is 0.0992 e. The maximum atomic E-state index is 9.09. The fraction of sp³-hybridized carbons (Fsp3) is 0.235. The average Bonchev–Trinajstić information content (AvgIpc) is 2.54. The zero-order valence-electron chi connectivity index (χ0n) is 11.5. The summed E-state index contributed by atoms with van der Waals surface area (Å²) >= 11 is 0. The molecular formula is C17H17N3. The Bertz CT molecular complexity index is 643. The number of nitrogens with one attached hydrogen (secondary N) is 1. The molecule has 0 aromatic heterocycles. The summed E-state index contributed by atoms with van der Waals surface area (Å²) in [6.45, 7) is 4.08. The molecule has 0 spiro atoms. The number of rotatable bonds is 2. The van der Waals surface area contributed by atoms with Crippen molar-refractivity contribution in [3.05, 3.63) is 59.7 Å². The molecule has 100 valence electrons. The second-order valence-electron chi connectivity index (χ2n) is 5.05. The Kier molecular flexibility index (Phi) is 3.30. The largest absolute Gasteiger partial charge is 0.382 e. The molecule has 0 radical (unpaired) electrons. The van der Waals surface area contributed by atoms with Crippen LogP contribution in [0.2, 0.25) is 0 Å². The van der Waals surface area contributed by atoms with Crippen molar-refractivity contribution in [1.82, 2.24) is 0 Å². The smallest absolute Gasteiger partial charge is 0.0992 e. The highest BCUT2D eigenvalue weighted by Crippen LogP contribution is 2.35. The summed E-state index contributed by atoms with van der Waals surface area (Å²) < 4.78 is 0. The molecule has 1 unspecified atom stereocenters. The number of anilines is 2. The van der Waals surface area contributed by atoms with E-state index in [2.05, 4.69) is 47.5 Å². The normalized spacial score (nSPS) is 14.9. The first kappa shape index (κ1) is 12.6. The summed E-state index contributed by atoms with van der Waals surface area (Å²) in [6.07, 6.45) is 0.